The predicted octanol–water partition coefficient (Wildman–Crippen LogP) is 3.91. The minimum absolute atomic E-state index is 0.106. The summed E-state index contributed by atoms with van der Waals surface area (Å²) in [5.41, 5.74) is 4.86. The number of amides is 1. The molecule has 0 radical (unpaired) electrons. The third kappa shape index (κ3) is 3.22. The molecule has 0 saturated carbocycles. The van der Waals surface area contributed by atoms with Crippen LogP contribution in [0.5, 0.6) is 0 Å². The van der Waals surface area contributed by atoms with Crippen LogP contribution >= 0.6 is 0 Å². The van der Waals surface area contributed by atoms with Gasteiger partial charge in [0.05, 0.1) is 11.1 Å². The molecule has 0 N–H and O–H groups in total. The predicted molar refractivity (Wildman–Crippen MR) is 107 cm³/mol. The lowest BCUT2D eigenvalue weighted by atomic mass is 9.95. The first kappa shape index (κ1) is 17.7. The van der Waals surface area contributed by atoms with Gasteiger partial charge >= 0.3 is 0 Å². The van der Waals surface area contributed by atoms with Gasteiger partial charge in [-0.25, -0.2) is 4.98 Å². The minimum atomic E-state index is 0.106. The van der Waals surface area contributed by atoms with Crippen molar-refractivity contribution < 1.29 is 4.79 Å². The molecule has 3 aromatic rings. The summed E-state index contributed by atoms with van der Waals surface area (Å²) in [4.78, 5) is 24.7. The van der Waals surface area contributed by atoms with E-state index in [0.717, 1.165) is 65.0 Å². The monoisotopic (exact) mass is 362 g/mol. The van der Waals surface area contributed by atoms with Crippen LogP contribution in [-0.4, -0.2) is 38.4 Å². The molecule has 3 heterocycles. The Morgan fingerprint density at radius 1 is 1.19 bits per heavy atom. The number of hydrogen-bond donors (Lipinski definition) is 0. The van der Waals surface area contributed by atoms with Gasteiger partial charge in [-0.2, -0.15) is 0 Å². The Balaban J connectivity index is 1.71. The highest BCUT2D eigenvalue weighted by molar-refractivity contribution is 6.07. The number of carbonyl (C=O) groups is 1. The first-order valence-electron chi connectivity index (χ1n) is 9.59. The Hall–Kier alpha value is -2.69. The topological polar surface area (TPSA) is 51.0 Å². The number of benzene rings is 1. The Bertz CT molecular complexity index is 1020. The van der Waals surface area contributed by atoms with Crippen LogP contribution in [0, 0.1) is 20.8 Å². The fourth-order valence-electron chi connectivity index (χ4n) is 4.30. The van der Waals surface area contributed by atoms with Crippen LogP contribution in [0.1, 0.15) is 51.8 Å². The normalized spacial score (nSPS) is 17.5. The molecule has 2 aromatic heterocycles. The maximum absolute atomic E-state index is 13.5. The molecular weight excluding hydrogens is 336 g/mol. The summed E-state index contributed by atoms with van der Waals surface area (Å²) in [6, 6.07) is 6.15. The summed E-state index contributed by atoms with van der Waals surface area (Å²) in [6.45, 7) is 7.61. The Labute approximate surface area is 160 Å². The molecular formula is C22H26N4O. The van der Waals surface area contributed by atoms with Gasteiger partial charge in [-0.05, 0) is 51.3 Å². The largest absolute Gasteiger partial charge is 0.338 e. The van der Waals surface area contributed by atoms with E-state index >= 15 is 0 Å². The maximum atomic E-state index is 13.5. The van der Waals surface area contributed by atoms with Crippen LogP contribution in [0.25, 0.3) is 10.9 Å². The maximum Gasteiger partial charge on any atom is 0.254 e. The van der Waals surface area contributed by atoms with Gasteiger partial charge in [0.15, 0.2) is 0 Å². The summed E-state index contributed by atoms with van der Waals surface area (Å²) >= 11 is 0. The van der Waals surface area contributed by atoms with Gasteiger partial charge in [-0.3, -0.25) is 9.78 Å². The molecule has 5 nitrogen and oxygen atoms in total. The molecule has 1 saturated heterocycles. The van der Waals surface area contributed by atoms with Gasteiger partial charge < -0.3 is 9.47 Å². The minimum Gasteiger partial charge on any atom is -0.338 e. The number of aryl methyl sites for hydroxylation is 4. The number of piperidine rings is 1. The lowest BCUT2D eigenvalue weighted by molar-refractivity contribution is 0.0705. The number of rotatable bonds is 2. The number of nitrogens with zero attached hydrogens (tertiary/aromatic N) is 4. The van der Waals surface area contributed by atoms with Gasteiger partial charge in [0.25, 0.3) is 5.91 Å². The van der Waals surface area contributed by atoms with Crippen molar-refractivity contribution in [2.45, 2.75) is 39.5 Å². The Kier molecular flexibility index (Phi) is 4.46. The molecule has 27 heavy (non-hydrogen) atoms. The zero-order chi connectivity index (χ0) is 19.1. The smallest absolute Gasteiger partial charge is 0.254 e. The zero-order valence-corrected chi connectivity index (χ0v) is 16.5. The van der Waals surface area contributed by atoms with E-state index in [9.17, 15) is 4.79 Å². The van der Waals surface area contributed by atoms with Gasteiger partial charge in [0, 0.05) is 49.5 Å². The molecule has 5 heteroatoms. The van der Waals surface area contributed by atoms with E-state index in [1.807, 2.05) is 37.3 Å². The summed E-state index contributed by atoms with van der Waals surface area (Å²) in [5, 5.41) is 0.960. The van der Waals surface area contributed by atoms with Crippen LogP contribution in [0.4, 0.5) is 0 Å². The third-order valence-corrected chi connectivity index (χ3v) is 5.54. The first-order chi connectivity index (χ1) is 12.9. The van der Waals surface area contributed by atoms with Gasteiger partial charge in [0.1, 0.15) is 5.82 Å². The number of imidazole rings is 1. The lowest BCUT2D eigenvalue weighted by Gasteiger charge is -2.33. The Morgan fingerprint density at radius 3 is 2.74 bits per heavy atom. The van der Waals surface area contributed by atoms with E-state index in [0.29, 0.717) is 5.92 Å². The quantitative estimate of drug-likeness (QED) is 0.694. The number of aromatic nitrogens is 3. The van der Waals surface area contributed by atoms with E-state index in [1.165, 1.54) is 0 Å². The van der Waals surface area contributed by atoms with Crippen LogP contribution in [0.3, 0.4) is 0 Å². The highest BCUT2D eigenvalue weighted by Gasteiger charge is 2.28. The van der Waals surface area contributed by atoms with Crippen LogP contribution in [0.2, 0.25) is 0 Å². The molecule has 1 atom stereocenters. The third-order valence-electron chi connectivity index (χ3n) is 5.54. The van der Waals surface area contributed by atoms with Gasteiger partial charge in [-0.1, -0.05) is 11.6 Å². The lowest BCUT2D eigenvalue weighted by Crippen LogP contribution is -2.39. The average molecular weight is 362 g/mol. The fourth-order valence-corrected chi connectivity index (χ4v) is 4.30. The molecule has 1 fully saturated rings. The molecule has 140 valence electrons. The summed E-state index contributed by atoms with van der Waals surface area (Å²) in [7, 11) is 2.02. The van der Waals surface area contributed by atoms with Crippen molar-refractivity contribution >= 4 is 16.8 Å². The molecule has 1 amide bonds. The number of pyridine rings is 1. The highest BCUT2D eigenvalue weighted by Crippen LogP contribution is 2.29. The average Bonchev–Trinajstić information content (AvgIpc) is 3.07. The SMILES string of the molecule is Cc1cc(C)c2nc(C)cc(C(=O)N3CCC[C@H](c4nccn4C)C3)c2c1. The number of likely N-dealkylation sites (tertiary alicyclic amines) is 1. The second-order valence-electron chi connectivity index (χ2n) is 7.78. The van der Waals surface area contributed by atoms with Crippen LogP contribution < -0.4 is 0 Å². The van der Waals surface area contributed by atoms with Crippen molar-refractivity contribution in [1.82, 2.24) is 19.4 Å². The molecule has 0 aliphatic carbocycles. The summed E-state index contributed by atoms with van der Waals surface area (Å²) < 4.78 is 2.07. The van der Waals surface area contributed by atoms with Crippen molar-refractivity contribution in [3.05, 3.63) is 58.8 Å². The van der Waals surface area contributed by atoms with E-state index in [1.54, 1.807) is 0 Å². The van der Waals surface area contributed by atoms with E-state index in [2.05, 4.69) is 40.5 Å². The molecule has 0 spiro atoms. The molecule has 1 aliphatic heterocycles. The van der Waals surface area contributed by atoms with E-state index in [-0.39, 0.29) is 5.91 Å². The summed E-state index contributed by atoms with van der Waals surface area (Å²) in [6.07, 6.45) is 5.88. The molecule has 1 aromatic carbocycles. The molecule has 0 unspecified atom stereocenters. The molecule has 0 bridgehead atoms. The van der Waals surface area contributed by atoms with Crippen molar-refractivity contribution in [3.63, 3.8) is 0 Å². The first-order valence-corrected chi connectivity index (χ1v) is 9.59. The Morgan fingerprint density at radius 2 is 2.00 bits per heavy atom. The second-order valence-corrected chi connectivity index (χ2v) is 7.78. The van der Waals surface area contributed by atoms with Crippen molar-refractivity contribution in [2.24, 2.45) is 7.05 Å². The second kappa shape index (κ2) is 6.80. The summed E-state index contributed by atoms with van der Waals surface area (Å²) in [5.74, 6) is 1.46. The van der Waals surface area contributed by atoms with Crippen molar-refractivity contribution in [3.8, 4) is 0 Å². The number of fused-ring (bicyclic) bond motifs is 1. The number of hydrogen-bond acceptors (Lipinski definition) is 3. The molecule has 1 aliphatic rings. The van der Waals surface area contributed by atoms with Crippen LogP contribution in [-0.2, 0) is 7.05 Å². The van der Waals surface area contributed by atoms with Gasteiger partial charge in [0.2, 0.25) is 0 Å². The highest BCUT2D eigenvalue weighted by atomic mass is 16.2. The van der Waals surface area contributed by atoms with E-state index in [4.69, 9.17) is 0 Å². The zero-order valence-electron chi connectivity index (χ0n) is 16.5. The van der Waals surface area contributed by atoms with Gasteiger partial charge in [-0.15, -0.1) is 0 Å². The molecule has 4 rings (SSSR count). The van der Waals surface area contributed by atoms with Crippen molar-refractivity contribution in [2.75, 3.05) is 13.1 Å². The standard InChI is InChI=1S/C22H26N4O/c1-14-10-15(2)20-18(11-14)19(12-16(3)24-20)22(27)26-8-5-6-17(13-26)21-23-7-9-25(21)4/h7,9-12,17H,5-6,8,13H2,1-4H3/t17-/m0/s1. The van der Waals surface area contributed by atoms with Crippen molar-refractivity contribution in [1.29, 1.82) is 0 Å². The number of carbonyl (C=O) groups excluding carboxylic acids is 1. The van der Waals surface area contributed by atoms with E-state index < -0.39 is 0 Å². The fraction of sp³-hybridized carbons (Fsp3) is 0.409. The van der Waals surface area contributed by atoms with Crippen LogP contribution in [0.15, 0.2) is 30.6 Å².